The van der Waals surface area contributed by atoms with E-state index in [-0.39, 0.29) is 18.2 Å². The molecule has 0 aliphatic carbocycles. The predicted molar refractivity (Wildman–Crippen MR) is 69.7 cm³/mol. The molecule has 1 unspecified atom stereocenters. The molecule has 19 heavy (non-hydrogen) atoms. The Hall–Kier alpha value is -1.31. The Kier molecular flexibility index (Phi) is 4.28. The van der Waals surface area contributed by atoms with E-state index in [1.54, 1.807) is 7.11 Å². The van der Waals surface area contributed by atoms with E-state index >= 15 is 0 Å². The third-order valence-electron chi connectivity index (χ3n) is 2.90. The van der Waals surface area contributed by atoms with E-state index in [1.807, 2.05) is 0 Å². The largest absolute Gasteiger partial charge is 0.382 e. The van der Waals surface area contributed by atoms with Gasteiger partial charge in [-0.25, -0.2) is 8.78 Å². The van der Waals surface area contributed by atoms with Crippen molar-refractivity contribution in [1.29, 1.82) is 0 Å². The van der Waals surface area contributed by atoms with Gasteiger partial charge >= 0.3 is 0 Å². The number of hydrogen-bond donors (Lipinski definition) is 1. The SMILES string of the molecule is COCC(Cn1c(=S)[nH]c2ccc(F)c(F)c21)OC. The molecule has 2 rings (SSSR count). The molecule has 1 aromatic carbocycles. The number of methoxy groups -OCH3 is 2. The van der Waals surface area contributed by atoms with Gasteiger partial charge in [0.2, 0.25) is 0 Å². The number of fused-ring (bicyclic) bond motifs is 1. The smallest absolute Gasteiger partial charge is 0.184 e. The molecule has 0 saturated carbocycles. The Bertz CT molecular complexity index is 638. The van der Waals surface area contributed by atoms with Crippen molar-refractivity contribution in [3.05, 3.63) is 28.5 Å². The van der Waals surface area contributed by atoms with Crippen molar-refractivity contribution in [1.82, 2.24) is 9.55 Å². The highest BCUT2D eigenvalue weighted by molar-refractivity contribution is 7.71. The number of imidazole rings is 1. The first kappa shape index (κ1) is 14.1. The quantitative estimate of drug-likeness (QED) is 0.860. The van der Waals surface area contributed by atoms with E-state index in [0.29, 0.717) is 16.9 Å². The van der Waals surface area contributed by atoms with Gasteiger partial charge in [-0.2, -0.15) is 0 Å². The minimum absolute atomic E-state index is 0.114. The van der Waals surface area contributed by atoms with E-state index in [2.05, 4.69) is 4.98 Å². The van der Waals surface area contributed by atoms with Gasteiger partial charge in [0, 0.05) is 14.2 Å². The fourth-order valence-electron chi connectivity index (χ4n) is 1.95. The average Bonchev–Trinajstić information content (AvgIpc) is 2.70. The van der Waals surface area contributed by atoms with Gasteiger partial charge in [0.15, 0.2) is 16.4 Å². The van der Waals surface area contributed by atoms with Crippen LogP contribution in [0.5, 0.6) is 0 Å². The zero-order chi connectivity index (χ0) is 14.0. The molecule has 1 aromatic heterocycles. The molecule has 0 radical (unpaired) electrons. The van der Waals surface area contributed by atoms with Crippen molar-refractivity contribution in [3.63, 3.8) is 0 Å². The molecule has 1 N–H and O–H groups in total. The summed E-state index contributed by atoms with van der Waals surface area (Å²) in [6.07, 6.45) is -0.293. The molecule has 0 aliphatic heterocycles. The number of halogens is 2. The number of nitrogens with zero attached hydrogens (tertiary/aromatic N) is 1. The monoisotopic (exact) mass is 288 g/mol. The van der Waals surface area contributed by atoms with E-state index in [0.717, 1.165) is 6.07 Å². The predicted octanol–water partition coefficient (Wildman–Crippen LogP) is 2.64. The van der Waals surface area contributed by atoms with Crippen LogP contribution in [0.2, 0.25) is 0 Å². The zero-order valence-electron chi connectivity index (χ0n) is 10.6. The maximum absolute atomic E-state index is 13.9. The molecule has 104 valence electrons. The molecule has 0 fully saturated rings. The Morgan fingerprint density at radius 3 is 2.74 bits per heavy atom. The van der Waals surface area contributed by atoms with E-state index in [1.165, 1.54) is 17.7 Å². The van der Waals surface area contributed by atoms with Crippen molar-refractivity contribution >= 4 is 23.3 Å². The van der Waals surface area contributed by atoms with Crippen LogP contribution in [0.3, 0.4) is 0 Å². The summed E-state index contributed by atoms with van der Waals surface area (Å²) >= 11 is 5.13. The van der Waals surface area contributed by atoms with Gasteiger partial charge in [0.05, 0.1) is 24.8 Å². The fourth-order valence-corrected chi connectivity index (χ4v) is 2.22. The van der Waals surface area contributed by atoms with Crippen LogP contribution in [0, 0.1) is 16.4 Å². The topological polar surface area (TPSA) is 39.2 Å². The minimum Gasteiger partial charge on any atom is -0.382 e. The average molecular weight is 288 g/mol. The Morgan fingerprint density at radius 2 is 2.11 bits per heavy atom. The van der Waals surface area contributed by atoms with Crippen molar-refractivity contribution in [3.8, 4) is 0 Å². The summed E-state index contributed by atoms with van der Waals surface area (Å²) in [4.78, 5) is 2.84. The van der Waals surface area contributed by atoms with E-state index in [9.17, 15) is 8.78 Å². The maximum Gasteiger partial charge on any atom is 0.184 e. The van der Waals surface area contributed by atoms with Gasteiger partial charge in [-0.3, -0.25) is 0 Å². The minimum atomic E-state index is -0.919. The van der Waals surface area contributed by atoms with Gasteiger partial charge in [-0.1, -0.05) is 0 Å². The van der Waals surface area contributed by atoms with Crippen molar-refractivity contribution in [2.24, 2.45) is 0 Å². The second-order valence-corrected chi connectivity index (χ2v) is 4.50. The Morgan fingerprint density at radius 1 is 1.37 bits per heavy atom. The van der Waals surface area contributed by atoms with Crippen molar-refractivity contribution in [2.75, 3.05) is 20.8 Å². The molecule has 1 heterocycles. The summed E-state index contributed by atoms with van der Waals surface area (Å²) in [5, 5.41) is 0. The Balaban J connectivity index is 2.50. The van der Waals surface area contributed by atoms with Gasteiger partial charge in [-0.15, -0.1) is 0 Å². The van der Waals surface area contributed by atoms with E-state index in [4.69, 9.17) is 21.7 Å². The summed E-state index contributed by atoms with van der Waals surface area (Å²) < 4.78 is 39.2. The van der Waals surface area contributed by atoms with Crippen molar-refractivity contribution in [2.45, 2.75) is 12.6 Å². The first-order chi connectivity index (χ1) is 9.08. The number of hydrogen-bond acceptors (Lipinski definition) is 3. The summed E-state index contributed by atoms with van der Waals surface area (Å²) in [5.41, 5.74) is 0.569. The normalized spacial score (nSPS) is 13.1. The molecule has 0 saturated heterocycles. The maximum atomic E-state index is 13.9. The van der Waals surface area contributed by atoms with Gasteiger partial charge in [0.1, 0.15) is 5.52 Å². The first-order valence-electron chi connectivity index (χ1n) is 5.66. The summed E-state index contributed by atoms with van der Waals surface area (Å²) in [5.74, 6) is -1.83. The highest BCUT2D eigenvalue weighted by Crippen LogP contribution is 2.21. The lowest BCUT2D eigenvalue weighted by Crippen LogP contribution is -2.24. The molecular weight excluding hydrogens is 274 g/mol. The van der Waals surface area contributed by atoms with Crippen LogP contribution in [0.15, 0.2) is 12.1 Å². The number of benzene rings is 1. The van der Waals surface area contributed by atoms with Crippen LogP contribution in [-0.2, 0) is 16.0 Å². The Labute approximate surface area is 113 Å². The van der Waals surface area contributed by atoms with Crippen molar-refractivity contribution < 1.29 is 18.3 Å². The van der Waals surface area contributed by atoms with Gasteiger partial charge < -0.3 is 19.0 Å². The lowest BCUT2D eigenvalue weighted by atomic mass is 10.2. The molecule has 0 bridgehead atoms. The van der Waals surface area contributed by atoms with Crippen LogP contribution in [0.25, 0.3) is 11.0 Å². The van der Waals surface area contributed by atoms with Gasteiger partial charge in [-0.05, 0) is 24.4 Å². The second kappa shape index (κ2) is 5.77. The molecular formula is C12H14F2N2O2S. The zero-order valence-corrected chi connectivity index (χ0v) is 11.4. The fraction of sp³-hybridized carbons (Fsp3) is 0.417. The number of H-pyrrole nitrogens is 1. The first-order valence-corrected chi connectivity index (χ1v) is 6.07. The number of nitrogens with one attached hydrogen (secondary N) is 1. The van der Waals surface area contributed by atoms with Crippen LogP contribution in [0.1, 0.15) is 0 Å². The highest BCUT2D eigenvalue weighted by atomic mass is 32.1. The molecule has 7 heteroatoms. The number of aromatic nitrogens is 2. The summed E-state index contributed by atoms with van der Waals surface area (Å²) in [6, 6.07) is 2.52. The molecule has 0 spiro atoms. The molecule has 0 amide bonds. The standard InChI is InChI=1S/C12H14F2N2O2S/c1-17-6-7(18-2)5-16-11-9(15-12(16)19)4-3-8(13)10(11)14/h3-4,7H,5-6H2,1-2H3,(H,15,19). The summed E-state index contributed by atoms with van der Waals surface area (Å²) in [7, 11) is 3.07. The van der Waals surface area contributed by atoms with Gasteiger partial charge in [0.25, 0.3) is 0 Å². The number of aromatic amines is 1. The van der Waals surface area contributed by atoms with Crippen LogP contribution >= 0.6 is 12.2 Å². The third-order valence-corrected chi connectivity index (χ3v) is 3.22. The highest BCUT2D eigenvalue weighted by Gasteiger charge is 2.16. The lowest BCUT2D eigenvalue weighted by Gasteiger charge is -2.15. The lowest BCUT2D eigenvalue weighted by molar-refractivity contribution is 0.0187. The van der Waals surface area contributed by atoms with E-state index < -0.39 is 11.6 Å². The van der Waals surface area contributed by atoms with Crippen LogP contribution in [0.4, 0.5) is 8.78 Å². The second-order valence-electron chi connectivity index (χ2n) is 4.11. The molecule has 4 nitrogen and oxygen atoms in total. The van der Waals surface area contributed by atoms with Crippen LogP contribution < -0.4 is 0 Å². The number of ether oxygens (including phenoxy) is 2. The number of rotatable bonds is 5. The third kappa shape index (κ3) is 2.68. The molecule has 2 aromatic rings. The van der Waals surface area contributed by atoms with Crippen LogP contribution in [-0.4, -0.2) is 36.5 Å². The molecule has 0 aliphatic rings. The summed E-state index contributed by atoms with van der Waals surface area (Å²) in [6.45, 7) is 0.616. The molecule has 1 atom stereocenters.